The maximum atomic E-state index is 4.95. The predicted molar refractivity (Wildman–Crippen MR) is 23.3 cm³/mol. The molecule has 0 heterocycles. The summed E-state index contributed by atoms with van der Waals surface area (Å²) < 4.78 is 0. The van der Waals surface area contributed by atoms with Crippen molar-refractivity contribution in [1.29, 1.82) is 0 Å². The van der Waals surface area contributed by atoms with Gasteiger partial charge in [0.2, 0.25) is 0 Å². The Morgan fingerprint density at radius 1 is 1.75 bits per heavy atom. The molecule has 0 atom stereocenters. The van der Waals surface area contributed by atoms with E-state index in [4.69, 9.17) is 10.1 Å². The summed E-state index contributed by atoms with van der Waals surface area (Å²) in [4.78, 5) is 0. The average Bonchev–Trinajstić information content (AvgIpc) is 0.918. The third kappa shape index (κ3) is 8.88. The van der Waals surface area contributed by atoms with Gasteiger partial charge in [-0.05, 0) is 0 Å². The van der Waals surface area contributed by atoms with E-state index in [1.807, 2.05) is 0 Å². The number of halogens is 2. The Morgan fingerprint density at radius 3 is 1.75 bits per heavy atom. The van der Waals surface area contributed by atoms with Gasteiger partial charge in [0.1, 0.15) is 0 Å². The molecule has 0 unspecified atom stereocenters. The van der Waals surface area contributed by atoms with E-state index >= 15 is 0 Å². The van der Waals surface area contributed by atoms with Crippen LogP contribution in [0.2, 0.25) is 0 Å². The van der Waals surface area contributed by atoms with Crippen molar-refractivity contribution >= 4 is 51.5 Å². The number of hydrogen-bond acceptors (Lipinski definition) is 0. The molecule has 0 aromatic carbocycles. The van der Waals surface area contributed by atoms with Crippen LogP contribution in [0.5, 0.6) is 0 Å². The molecule has 0 amide bonds. The molecule has 0 aliphatic heterocycles. The van der Waals surface area contributed by atoms with Gasteiger partial charge in [0.25, 0.3) is 0 Å². The van der Waals surface area contributed by atoms with Crippen LogP contribution >= 0.6 is 24.2 Å². The van der Waals surface area contributed by atoms with Crippen molar-refractivity contribution in [3.05, 3.63) is 0 Å². The van der Waals surface area contributed by atoms with E-state index in [0.29, 0.717) is 12.2 Å². The van der Waals surface area contributed by atoms with Crippen LogP contribution in [0, 0.1) is 0 Å². The van der Waals surface area contributed by atoms with Crippen molar-refractivity contribution in [3.63, 3.8) is 0 Å². The van der Waals surface area contributed by atoms with Crippen LogP contribution in [0.3, 0.4) is 0 Å². The topological polar surface area (TPSA) is 0 Å². The molecule has 0 nitrogen and oxygen atoms in total. The van der Waals surface area contributed by atoms with E-state index in [2.05, 4.69) is 14.1 Å². The molecule has 0 N–H and O–H groups in total. The fourth-order valence-electron chi connectivity index (χ4n) is 0. The summed E-state index contributed by atoms with van der Waals surface area (Å²) in [7, 11) is 4.95. The molecular weight excluding hydrogens is 377 g/mol. The van der Waals surface area contributed by atoms with Crippen LogP contribution in [0.4, 0.5) is 0 Å². The van der Waals surface area contributed by atoms with Gasteiger partial charge in [0.05, 0.1) is 0 Å². The van der Waals surface area contributed by atoms with Gasteiger partial charge in [0, 0.05) is 0 Å². The summed E-state index contributed by atoms with van der Waals surface area (Å²) in [5.41, 5.74) is 0. The maximum absolute atomic E-state index is 4.95. The Bertz CT molecular complexity index is 8.00. The third-order valence-electron chi connectivity index (χ3n) is 0. The van der Waals surface area contributed by atoms with E-state index in [0.717, 1.165) is 0 Å². The van der Waals surface area contributed by atoms with Crippen LogP contribution in [0.1, 0.15) is 0 Å². The first-order valence-electron chi connectivity index (χ1n) is 0.286. The summed E-state index contributed by atoms with van der Waals surface area (Å²) in [6.07, 6.45) is 0. The predicted octanol–water partition coefficient (Wildman–Crippen LogP) is 0.616. The summed E-state index contributed by atoms with van der Waals surface area (Å²) in [6.45, 7) is 0. The molecule has 4 heavy (non-hydrogen) atoms. The van der Waals surface area contributed by atoms with Gasteiger partial charge >= 0.3 is 63.7 Å². The van der Waals surface area contributed by atoms with E-state index < -0.39 is 0 Å². The van der Waals surface area contributed by atoms with Crippen LogP contribution in [-0.4, -0.2) is 27.3 Å². The van der Waals surface area contributed by atoms with Gasteiger partial charge in [-0.3, -0.25) is 0 Å². The zero-order chi connectivity index (χ0) is 2.71. The summed E-state index contributed by atoms with van der Waals surface area (Å²) in [5, 5.41) is 0. The monoisotopic (exact) mass is 379 g/mol. The fourth-order valence-corrected chi connectivity index (χ4v) is 0. The Labute approximate surface area is 62.9 Å². The van der Waals surface area contributed by atoms with Crippen molar-refractivity contribution in [3.8, 4) is 0 Å². The fraction of sp³-hybridized carbons (Fsp3) is 0. The molecule has 0 aromatic heterocycles. The second-order valence-corrected chi connectivity index (χ2v) is 3.47. The first kappa shape index (κ1) is 9.51. The van der Waals surface area contributed by atoms with Crippen LogP contribution in [-0.2, 0) is 12.2 Å². The summed E-state index contributed by atoms with van der Waals surface area (Å²) in [5.74, 6) is 0. The van der Waals surface area contributed by atoms with E-state index in [1.165, 1.54) is 0 Å². The van der Waals surface area contributed by atoms with Gasteiger partial charge < -0.3 is 0 Å². The van der Waals surface area contributed by atoms with Gasteiger partial charge in [-0.2, -0.15) is 0 Å². The molecule has 0 fully saturated rings. The van der Waals surface area contributed by atoms with Crippen molar-refractivity contribution in [2.45, 2.75) is 0 Å². The summed E-state index contributed by atoms with van der Waals surface area (Å²) >= 11 is 3.29. The first-order chi connectivity index (χ1) is 1.41. The Balaban J connectivity index is 0. The van der Waals surface area contributed by atoms with Crippen LogP contribution < -0.4 is 0 Å². The van der Waals surface area contributed by atoms with Crippen molar-refractivity contribution in [2.24, 2.45) is 0 Å². The average molecular weight is 380 g/mol. The quantitative estimate of drug-likeness (QED) is 0.542. The van der Waals surface area contributed by atoms with Crippen molar-refractivity contribution in [2.75, 3.05) is 0 Å². The van der Waals surface area contributed by atoms with E-state index in [-0.39, 0.29) is 27.3 Å². The van der Waals surface area contributed by atoms with Gasteiger partial charge in [-0.1, -0.05) is 0 Å². The minimum atomic E-state index is 0. The van der Waals surface area contributed by atoms with Crippen molar-refractivity contribution in [1.82, 2.24) is 0 Å². The minimum absolute atomic E-state index is 0. The van der Waals surface area contributed by atoms with Gasteiger partial charge in [-0.25, -0.2) is 0 Å². The molecule has 0 aliphatic rings. The van der Waals surface area contributed by atoms with Crippen molar-refractivity contribution < 1.29 is 12.2 Å². The zero-order valence-corrected chi connectivity index (χ0v) is 10.9. The first-order valence-corrected chi connectivity index (χ1v) is 4.83. The van der Waals surface area contributed by atoms with Gasteiger partial charge in [-0.15, -0.1) is 0 Å². The standard InChI is InChI=1S/BrH.ClH.Mn.Pb.2H/h2*1H;;;;/q;;+2;;;/p-2. The number of rotatable bonds is 0. The third-order valence-corrected chi connectivity index (χ3v) is 0. The molecule has 0 saturated heterocycles. The second kappa shape index (κ2) is 8.96. The number of hydrogen-bond donors (Lipinski definition) is 0. The normalized spacial score (nSPS) is 4.50. The molecule has 0 spiro atoms. The molecule has 0 aliphatic carbocycles. The van der Waals surface area contributed by atoms with Crippen LogP contribution in [0.25, 0.3) is 0 Å². The van der Waals surface area contributed by atoms with Crippen LogP contribution in [0.15, 0.2) is 0 Å². The Kier molecular flexibility index (Phi) is 21.3. The Hall–Kier alpha value is 2.21. The van der Waals surface area contributed by atoms with Gasteiger partial charge in [0.15, 0.2) is 0 Å². The second-order valence-electron chi connectivity index (χ2n) is 0.0540. The molecular formula is H2BrClMnPb. The SMILES string of the molecule is [Cl][Mn][Br].[PbH2]. The van der Waals surface area contributed by atoms with E-state index in [1.54, 1.807) is 0 Å². The Morgan fingerprint density at radius 2 is 1.75 bits per heavy atom. The molecule has 4 heteroatoms. The van der Waals surface area contributed by atoms with E-state index in [9.17, 15) is 0 Å². The molecule has 2 radical (unpaired) electrons. The zero-order valence-electron chi connectivity index (χ0n) is 1.84. The molecule has 0 saturated carbocycles. The molecule has 0 aromatic rings. The molecule has 0 bridgehead atoms. The summed E-state index contributed by atoms with van der Waals surface area (Å²) in [6, 6.07) is 0. The molecule has 27 valence electrons. The molecule has 0 rings (SSSR count).